The van der Waals surface area contributed by atoms with Crippen molar-refractivity contribution < 1.29 is 13.9 Å². The minimum absolute atomic E-state index is 0.0540. The Bertz CT molecular complexity index is 1390. The number of nitriles is 1. The highest BCUT2D eigenvalue weighted by molar-refractivity contribution is 5.66. The number of nitrogens with zero attached hydrogens (tertiary/aromatic N) is 7. The number of hydrogen-bond donors (Lipinski definition) is 2. The predicted octanol–water partition coefficient (Wildman–Crippen LogP) is 2.80. The van der Waals surface area contributed by atoms with Crippen LogP contribution in [0.1, 0.15) is 30.8 Å². The van der Waals surface area contributed by atoms with Gasteiger partial charge in [-0.25, -0.2) is 23.4 Å². The minimum Gasteiger partial charge on any atom is -0.384 e. The Labute approximate surface area is 187 Å². The van der Waals surface area contributed by atoms with Crippen molar-refractivity contribution in [3.05, 3.63) is 71.2 Å². The average Bonchev–Trinajstić information content (AvgIpc) is 3.23. The number of hydrogen-bond acceptors (Lipinski definition) is 8. The van der Waals surface area contributed by atoms with Gasteiger partial charge in [0, 0.05) is 0 Å². The van der Waals surface area contributed by atoms with Crippen LogP contribution in [0.4, 0.5) is 14.6 Å². The van der Waals surface area contributed by atoms with Gasteiger partial charge in [-0.1, -0.05) is 17.3 Å². The largest absolute Gasteiger partial charge is 0.384 e. The van der Waals surface area contributed by atoms with E-state index < -0.39 is 23.1 Å². The molecule has 3 heterocycles. The number of nitrogens with two attached hydrogens (primary N) is 1. The number of pyridine rings is 1. The highest BCUT2D eigenvalue weighted by Gasteiger charge is 2.21. The molecular formula is C22H18F2N8O. The van der Waals surface area contributed by atoms with Crippen LogP contribution < -0.4 is 5.73 Å². The third-order valence-corrected chi connectivity index (χ3v) is 4.78. The van der Waals surface area contributed by atoms with Crippen LogP contribution in [0.5, 0.6) is 0 Å². The van der Waals surface area contributed by atoms with E-state index in [1.807, 2.05) is 0 Å². The van der Waals surface area contributed by atoms with Crippen LogP contribution in [0, 0.1) is 23.0 Å². The van der Waals surface area contributed by atoms with E-state index in [0.717, 1.165) is 0 Å². The zero-order chi connectivity index (χ0) is 23.8. The lowest BCUT2D eigenvalue weighted by Crippen LogP contribution is -2.18. The number of benzene rings is 1. The van der Waals surface area contributed by atoms with E-state index in [0.29, 0.717) is 11.4 Å². The molecule has 166 valence electrons. The van der Waals surface area contributed by atoms with Crippen LogP contribution in [0.15, 0.2) is 42.6 Å². The van der Waals surface area contributed by atoms with Gasteiger partial charge in [0.1, 0.15) is 23.1 Å². The number of rotatable bonds is 5. The van der Waals surface area contributed by atoms with E-state index in [1.54, 1.807) is 38.1 Å². The van der Waals surface area contributed by atoms with Crippen molar-refractivity contribution in [3.8, 4) is 28.8 Å². The Kier molecular flexibility index (Phi) is 5.53. The maximum absolute atomic E-state index is 14.7. The third kappa shape index (κ3) is 4.37. The van der Waals surface area contributed by atoms with Crippen molar-refractivity contribution in [1.29, 1.82) is 5.26 Å². The summed E-state index contributed by atoms with van der Waals surface area (Å²) >= 11 is 0. The van der Waals surface area contributed by atoms with Gasteiger partial charge in [0.15, 0.2) is 23.3 Å². The first kappa shape index (κ1) is 21.9. The van der Waals surface area contributed by atoms with Crippen LogP contribution in [-0.2, 0) is 12.1 Å². The van der Waals surface area contributed by atoms with Crippen LogP contribution >= 0.6 is 0 Å². The molecule has 33 heavy (non-hydrogen) atoms. The van der Waals surface area contributed by atoms with E-state index in [4.69, 9.17) is 11.0 Å². The SMILES string of the molecule is CC(C)(O)c1cccc(Cn2cc(-c3nc(-c4cccc(C#N)c4F)nc(N)c3F)nn2)n1. The summed E-state index contributed by atoms with van der Waals surface area (Å²) in [7, 11) is 0. The average molecular weight is 448 g/mol. The Morgan fingerprint density at radius 2 is 1.85 bits per heavy atom. The number of aromatic nitrogens is 6. The Morgan fingerprint density at radius 1 is 1.09 bits per heavy atom. The lowest BCUT2D eigenvalue weighted by molar-refractivity contribution is 0.0736. The molecule has 0 fully saturated rings. The molecule has 0 saturated carbocycles. The number of anilines is 1. The summed E-state index contributed by atoms with van der Waals surface area (Å²) in [5, 5.41) is 27.1. The second-order valence-corrected chi connectivity index (χ2v) is 7.75. The number of aliphatic hydroxyl groups is 1. The van der Waals surface area contributed by atoms with E-state index in [1.165, 1.54) is 29.1 Å². The molecule has 4 aromatic rings. The van der Waals surface area contributed by atoms with E-state index in [2.05, 4.69) is 25.3 Å². The number of nitrogen functional groups attached to an aromatic ring is 1. The Morgan fingerprint density at radius 3 is 2.58 bits per heavy atom. The fourth-order valence-corrected chi connectivity index (χ4v) is 3.10. The molecule has 0 spiro atoms. The van der Waals surface area contributed by atoms with Gasteiger partial charge in [-0.2, -0.15) is 5.26 Å². The molecule has 0 aliphatic heterocycles. The summed E-state index contributed by atoms with van der Waals surface area (Å²) in [6.45, 7) is 3.45. The quantitative estimate of drug-likeness (QED) is 0.475. The second kappa shape index (κ2) is 8.33. The van der Waals surface area contributed by atoms with Crippen LogP contribution in [0.25, 0.3) is 22.8 Å². The summed E-state index contributed by atoms with van der Waals surface area (Å²) in [5.74, 6) is -2.44. The summed E-state index contributed by atoms with van der Waals surface area (Å²) < 4.78 is 30.7. The van der Waals surface area contributed by atoms with Crippen LogP contribution in [0.2, 0.25) is 0 Å². The van der Waals surface area contributed by atoms with Gasteiger partial charge in [-0.15, -0.1) is 5.10 Å². The fraction of sp³-hybridized carbons (Fsp3) is 0.182. The first-order chi connectivity index (χ1) is 15.7. The molecule has 0 aliphatic rings. The first-order valence-electron chi connectivity index (χ1n) is 9.78. The van der Waals surface area contributed by atoms with Gasteiger partial charge < -0.3 is 10.8 Å². The zero-order valence-corrected chi connectivity index (χ0v) is 17.7. The summed E-state index contributed by atoms with van der Waals surface area (Å²) in [6.07, 6.45) is 1.44. The maximum Gasteiger partial charge on any atom is 0.193 e. The molecule has 0 atom stereocenters. The fourth-order valence-electron chi connectivity index (χ4n) is 3.10. The molecule has 0 bridgehead atoms. The van der Waals surface area contributed by atoms with Gasteiger partial charge in [0.2, 0.25) is 0 Å². The Hall–Kier alpha value is -4.30. The molecule has 0 saturated heterocycles. The minimum atomic E-state index is -1.11. The highest BCUT2D eigenvalue weighted by atomic mass is 19.1. The Balaban J connectivity index is 1.70. The molecule has 0 aliphatic carbocycles. The molecule has 0 amide bonds. The van der Waals surface area contributed by atoms with Crippen molar-refractivity contribution in [2.75, 3.05) is 5.73 Å². The molecule has 11 heteroatoms. The van der Waals surface area contributed by atoms with E-state index in [-0.39, 0.29) is 34.9 Å². The standard InChI is InChI=1S/C22H18F2N8O/c1-22(2,33)16-8-4-6-13(27-16)10-32-11-15(30-31-32)19-18(24)20(26)29-21(28-19)14-7-3-5-12(9-25)17(14)23/h3-8,11,33H,10H2,1-2H3,(H2,26,28,29). The van der Waals surface area contributed by atoms with Crippen molar-refractivity contribution >= 4 is 5.82 Å². The smallest absolute Gasteiger partial charge is 0.193 e. The van der Waals surface area contributed by atoms with Gasteiger partial charge >= 0.3 is 0 Å². The molecule has 0 radical (unpaired) electrons. The van der Waals surface area contributed by atoms with Crippen molar-refractivity contribution in [1.82, 2.24) is 29.9 Å². The predicted molar refractivity (Wildman–Crippen MR) is 114 cm³/mol. The number of halogens is 2. The van der Waals surface area contributed by atoms with Crippen LogP contribution in [-0.4, -0.2) is 35.1 Å². The van der Waals surface area contributed by atoms with Gasteiger partial charge in [-0.3, -0.25) is 4.98 Å². The van der Waals surface area contributed by atoms with Crippen LogP contribution in [0.3, 0.4) is 0 Å². The molecule has 4 rings (SSSR count). The highest BCUT2D eigenvalue weighted by Crippen LogP contribution is 2.28. The normalized spacial score (nSPS) is 11.4. The molecule has 3 N–H and O–H groups in total. The zero-order valence-electron chi connectivity index (χ0n) is 17.7. The monoisotopic (exact) mass is 448 g/mol. The lowest BCUT2D eigenvalue weighted by atomic mass is 10.0. The molecule has 1 aromatic carbocycles. The molecule has 3 aromatic heterocycles. The van der Waals surface area contributed by atoms with Crippen molar-refractivity contribution in [2.24, 2.45) is 0 Å². The topological polar surface area (TPSA) is 139 Å². The third-order valence-electron chi connectivity index (χ3n) is 4.78. The molecular weight excluding hydrogens is 430 g/mol. The first-order valence-corrected chi connectivity index (χ1v) is 9.78. The van der Waals surface area contributed by atoms with Gasteiger partial charge in [-0.05, 0) is 38.1 Å². The van der Waals surface area contributed by atoms with Crippen molar-refractivity contribution in [2.45, 2.75) is 26.0 Å². The van der Waals surface area contributed by atoms with Crippen molar-refractivity contribution in [3.63, 3.8) is 0 Å². The summed E-state index contributed by atoms with van der Waals surface area (Å²) in [5.41, 5.74) is 5.18. The van der Waals surface area contributed by atoms with E-state index in [9.17, 15) is 13.9 Å². The molecule has 9 nitrogen and oxygen atoms in total. The maximum atomic E-state index is 14.7. The lowest BCUT2D eigenvalue weighted by Gasteiger charge is -2.17. The summed E-state index contributed by atoms with van der Waals surface area (Å²) in [4.78, 5) is 12.3. The summed E-state index contributed by atoms with van der Waals surface area (Å²) in [6, 6.07) is 11.1. The second-order valence-electron chi connectivity index (χ2n) is 7.75. The van der Waals surface area contributed by atoms with Gasteiger partial charge in [0.25, 0.3) is 0 Å². The van der Waals surface area contributed by atoms with E-state index >= 15 is 0 Å². The van der Waals surface area contributed by atoms with Gasteiger partial charge in [0.05, 0.1) is 35.3 Å². The molecule has 0 unspecified atom stereocenters.